The van der Waals surface area contributed by atoms with E-state index in [9.17, 15) is 0 Å². The SMILES string of the molecule is c1ccc(-n2c3ccccc3c3cc(-c4ccc5cc6c(cc5c4)c4cc5oc7ccccc7c5c5c7cc8cc(-c9ccc%10c(c9)c9ccccc9n%10-c9ccccc9)ccc8cc7n6c45)ccc32)cc1. The second-order valence-electron chi connectivity index (χ2n) is 19.7. The van der Waals surface area contributed by atoms with Crippen molar-refractivity contribution in [1.29, 1.82) is 0 Å². The highest BCUT2D eigenvalue weighted by molar-refractivity contribution is 6.36. The number of benzene rings is 12. The van der Waals surface area contributed by atoms with Crippen molar-refractivity contribution in [3.8, 4) is 33.6 Å². The lowest BCUT2D eigenvalue weighted by atomic mass is 9.96. The Morgan fingerprint density at radius 1 is 0.250 bits per heavy atom. The average Bonchev–Trinajstić information content (AvgIpc) is 4.23. The van der Waals surface area contributed by atoms with Crippen LogP contribution in [-0.2, 0) is 0 Å². The zero-order valence-corrected chi connectivity index (χ0v) is 38.8. The van der Waals surface area contributed by atoms with Crippen LogP contribution in [0.5, 0.6) is 0 Å². The van der Waals surface area contributed by atoms with Crippen molar-refractivity contribution in [2.75, 3.05) is 0 Å². The Labute approximate surface area is 411 Å². The number of fused-ring (bicyclic) bond motifs is 18. The first-order chi connectivity index (χ1) is 35.7. The third-order valence-corrected chi connectivity index (χ3v) is 15.9. The van der Waals surface area contributed by atoms with Crippen molar-refractivity contribution in [3.05, 3.63) is 237 Å². The van der Waals surface area contributed by atoms with E-state index in [1.54, 1.807) is 0 Å². The van der Waals surface area contributed by atoms with Gasteiger partial charge in [0, 0.05) is 65.2 Å². The Morgan fingerprint density at radius 3 is 1.31 bits per heavy atom. The molecule has 0 aliphatic carbocycles. The van der Waals surface area contributed by atoms with E-state index in [1.807, 2.05) is 0 Å². The molecule has 0 spiro atoms. The summed E-state index contributed by atoms with van der Waals surface area (Å²) in [5.74, 6) is 0. The molecule has 0 aliphatic rings. The van der Waals surface area contributed by atoms with E-state index >= 15 is 0 Å². The Balaban J connectivity index is 0.858. The Kier molecular flexibility index (Phi) is 7.44. The number of furan rings is 1. The second kappa shape index (κ2) is 14.0. The van der Waals surface area contributed by atoms with Crippen molar-refractivity contribution in [2.45, 2.75) is 0 Å². The Bertz CT molecular complexity index is 5150. The molecule has 0 bridgehead atoms. The van der Waals surface area contributed by atoms with Gasteiger partial charge in [0.05, 0.1) is 38.6 Å². The number of aromatic nitrogens is 3. The van der Waals surface area contributed by atoms with Crippen molar-refractivity contribution in [2.24, 2.45) is 0 Å². The molecular weight excluding hydrogens is 875 g/mol. The van der Waals surface area contributed by atoms with Gasteiger partial charge >= 0.3 is 0 Å². The van der Waals surface area contributed by atoms with Crippen molar-refractivity contribution >= 4 is 125 Å². The van der Waals surface area contributed by atoms with E-state index in [0.717, 1.165) is 16.6 Å². The Morgan fingerprint density at radius 2 is 0.708 bits per heavy atom. The van der Waals surface area contributed by atoms with Gasteiger partial charge in [-0.1, -0.05) is 127 Å². The molecule has 4 heteroatoms. The predicted octanol–water partition coefficient (Wildman–Crippen LogP) is 18.6. The van der Waals surface area contributed by atoms with Gasteiger partial charge in [0.2, 0.25) is 0 Å². The van der Waals surface area contributed by atoms with Gasteiger partial charge in [0.25, 0.3) is 0 Å². The highest BCUT2D eigenvalue weighted by atomic mass is 16.3. The first-order valence-electron chi connectivity index (χ1n) is 24.8. The smallest absolute Gasteiger partial charge is 0.136 e. The van der Waals surface area contributed by atoms with Crippen molar-refractivity contribution < 1.29 is 4.42 Å². The summed E-state index contributed by atoms with van der Waals surface area (Å²) >= 11 is 0. The minimum absolute atomic E-state index is 0.909. The molecular formula is C68H39N3O. The fourth-order valence-corrected chi connectivity index (χ4v) is 12.7. The summed E-state index contributed by atoms with van der Waals surface area (Å²) in [6, 6.07) is 87.2. The molecule has 5 aromatic heterocycles. The molecule has 0 atom stereocenters. The summed E-state index contributed by atoms with van der Waals surface area (Å²) < 4.78 is 14.1. The van der Waals surface area contributed by atoms with Crippen LogP contribution in [0.3, 0.4) is 0 Å². The standard InChI is InChI=1S/C68H39N3O/c1-3-13-48(14-4-1)69-58-20-10-7-17-50(58)53-33-42(27-29-60(53)69)40-23-25-44-37-62-55(35-46(44)31-40)56-39-65-66(52-19-9-12-22-64(52)72-65)67-57-36-47-32-41(24-26-45(47)38-63(57)71(62)68(56)67)43-28-30-61-54(34-43)51-18-8-11-21-59(51)70(61)49-15-5-2-6-16-49/h1-39H. The zero-order valence-electron chi connectivity index (χ0n) is 38.8. The lowest BCUT2D eigenvalue weighted by Crippen LogP contribution is -1.92. The van der Waals surface area contributed by atoms with Crippen LogP contribution in [0.15, 0.2) is 241 Å². The van der Waals surface area contributed by atoms with Crippen LogP contribution in [0, 0.1) is 0 Å². The van der Waals surface area contributed by atoms with Crippen LogP contribution in [0.25, 0.3) is 159 Å². The highest BCUT2D eigenvalue weighted by Crippen LogP contribution is 2.48. The minimum atomic E-state index is 0.909. The lowest BCUT2D eigenvalue weighted by molar-refractivity contribution is 0.669. The molecule has 72 heavy (non-hydrogen) atoms. The van der Waals surface area contributed by atoms with Crippen LogP contribution in [0.1, 0.15) is 0 Å². The normalized spacial score (nSPS) is 12.4. The van der Waals surface area contributed by atoms with Gasteiger partial charge in [-0.25, -0.2) is 0 Å². The summed E-state index contributed by atoms with van der Waals surface area (Å²) in [6.07, 6.45) is 0. The third kappa shape index (κ3) is 5.14. The first kappa shape index (κ1) is 38.2. The summed E-state index contributed by atoms with van der Waals surface area (Å²) in [6.45, 7) is 0. The van der Waals surface area contributed by atoms with E-state index < -0.39 is 0 Å². The monoisotopic (exact) mass is 913 g/mol. The zero-order chi connectivity index (χ0) is 46.8. The van der Waals surface area contributed by atoms with Gasteiger partial charge in [-0.05, 0) is 153 Å². The summed E-state index contributed by atoms with van der Waals surface area (Å²) in [7, 11) is 0. The van der Waals surface area contributed by atoms with E-state index in [1.165, 1.54) is 142 Å². The van der Waals surface area contributed by atoms with E-state index in [0.29, 0.717) is 0 Å². The molecule has 0 amide bonds. The third-order valence-electron chi connectivity index (χ3n) is 15.9. The lowest BCUT2D eigenvalue weighted by Gasteiger charge is -2.09. The number of para-hydroxylation sites is 5. The van der Waals surface area contributed by atoms with E-state index in [-0.39, 0.29) is 0 Å². The molecule has 17 aromatic rings. The average molecular weight is 914 g/mol. The molecule has 0 fully saturated rings. The number of hydrogen-bond acceptors (Lipinski definition) is 1. The van der Waals surface area contributed by atoms with Crippen LogP contribution in [0.4, 0.5) is 0 Å². The summed E-state index contributed by atoms with van der Waals surface area (Å²) in [5.41, 5.74) is 17.5. The summed E-state index contributed by atoms with van der Waals surface area (Å²) in [4.78, 5) is 0. The van der Waals surface area contributed by atoms with Crippen molar-refractivity contribution in [1.82, 2.24) is 13.5 Å². The summed E-state index contributed by atoms with van der Waals surface area (Å²) in [5, 5.41) is 17.1. The quantitative estimate of drug-likeness (QED) is 0.173. The first-order valence-corrected chi connectivity index (χ1v) is 24.8. The number of nitrogens with zero attached hydrogens (tertiary/aromatic N) is 3. The van der Waals surface area contributed by atoms with Crippen LogP contribution >= 0.6 is 0 Å². The van der Waals surface area contributed by atoms with E-state index in [2.05, 4.69) is 250 Å². The molecule has 0 aliphatic heterocycles. The molecule has 0 radical (unpaired) electrons. The van der Waals surface area contributed by atoms with Gasteiger partial charge in [-0.2, -0.15) is 0 Å². The van der Waals surface area contributed by atoms with Crippen molar-refractivity contribution in [3.63, 3.8) is 0 Å². The molecule has 0 N–H and O–H groups in total. The van der Waals surface area contributed by atoms with Gasteiger partial charge in [-0.15, -0.1) is 0 Å². The molecule has 0 saturated carbocycles. The molecule has 0 saturated heterocycles. The number of hydrogen-bond donors (Lipinski definition) is 0. The maximum Gasteiger partial charge on any atom is 0.136 e. The maximum absolute atomic E-state index is 6.77. The van der Waals surface area contributed by atoms with Crippen LogP contribution in [-0.4, -0.2) is 13.5 Å². The molecule has 5 heterocycles. The largest absolute Gasteiger partial charge is 0.456 e. The molecule has 4 nitrogen and oxygen atoms in total. The van der Waals surface area contributed by atoms with Gasteiger partial charge in [0.1, 0.15) is 11.2 Å². The molecule has 12 aromatic carbocycles. The van der Waals surface area contributed by atoms with Gasteiger partial charge < -0.3 is 18.0 Å². The second-order valence-corrected chi connectivity index (χ2v) is 19.7. The molecule has 17 rings (SSSR count). The number of rotatable bonds is 4. The Hall–Kier alpha value is -9.64. The molecule has 0 unspecified atom stereocenters. The van der Waals surface area contributed by atoms with Crippen LogP contribution < -0.4 is 0 Å². The highest BCUT2D eigenvalue weighted by Gasteiger charge is 2.24. The topological polar surface area (TPSA) is 27.4 Å². The minimum Gasteiger partial charge on any atom is -0.456 e. The maximum atomic E-state index is 6.77. The van der Waals surface area contributed by atoms with Gasteiger partial charge in [0.15, 0.2) is 0 Å². The van der Waals surface area contributed by atoms with Gasteiger partial charge in [-0.3, -0.25) is 0 Å². The molecule has 332 valence electrons. The van der Waals surface area contributed by atoms with Crippen LogP contribution in [0.2, 0.25) is 0 Å². The fourth-order valence-electron chi connectivity index (χ4n) is 12.7. The van der Waals surface area contributed by atoms with E-state index in [4.69, 9.17) is 4.42 Å². The fraction of sp³-hybridized carbons (Fsp3) is 0. The predicted molar refractivity (Wildman–Crippen MR) is 303 cm³/mol.